The number of benzene rings is 1. The van der Waals surface area contributed by atoms with Crippen LogP contribution in [0.1, 0.15) is 25.5 Å². The van der Waals surface area contributed by atoms with Crippen LogP contribution in [0.25, 0.3) is 0 Å². The number of methoxy groups -OCH3 is 1. The molecule has 1 N–H and O–H groups in total. The molecule has 7 nitrogen and oxygen atoms in total. The summed E-state index contributed by atoms with van der Waals surface area (Å²) in [7, 11) is 1.33. The third-order valence-corrected chi connectivity index (χ3v) is 4.69. The monoisotopic (exact) mass is 346 g/mol. The smallest absolute Gasteiger partial charge is 0.321 e. The van der Waals surface area contributed by atoms with Crippen LogP contribution in [0.5, 0.6) is 11.5 Å². The first-order chi connectivity index (χ1) is 12.0. The second-order valence-corrected chi connectivity index (χ2v) is 6.09. The van der Waals surface area contributed by atoms with E-state index in [1.165, 1.54) is 12.0 Å². The summed E-state index contributed by atoms with van der Waals surface area (Å²) in [5, 5.41) is 2.90. The van der Waals surface area contributed by atoms with Gasteiger partial charge in [0.05, 0.1) is 19.8 Å². The molecule has 0 aliphatic carbocycles. The van der Waals surface area contributed by atoms with E-state index in [0.717, 1.165) is 0 Å². The third-order valence-electron chi connectivity index (χ3n) is 4.69. The first kappa shape index (κ1) is 17.1. The zero-order chi connectivity index (χ0) is 18.2. The van der Waals surface area contributed by atoms with Gasteiger partial charge in [-0.15, -0.1) is 6.58 Å². The van der Waals surface area contributed by atoms with E-state index in [1.54, 1.807) is 19.1 Å². The molecule has 2 amide bonds. The van der Waals surface area contributed by atoms with Gasteiger partial charge in [-0.25, -0.2) is 4.79 Å². The van der Waals surface area contributed by atoms with E-state index in [2.05, 4.69) is 11.9 Å². The lowest BCUT2D eigenvalue weighted by Gasteiger charge is -2.54. The summed E-state index contributed by atoms with van der Waals surface area (Å²) < 4.78 is 16.9. The minimum absolute atomic E-state index is 0.231. The highest BCUT2D eigenvalue weighted by Gasteiger charge is 2.60. The van der Waals surface area contributed by atoms with Crippen LogP contribution in [0.15, 0.2) is 30.9 Å². The number of carbonyl (C=O) groups excluding carboxylic acids is 2. The summed E-state index contributed by atoms with van der Waals surface area (Å²) >= 11 is 0. The van der Waals surface area contributed by atoms with Gasteiger partial charge in [0.15, 0.2) is 17.2 Å². The molecule has 0 spiro atoms. The van der Waals surface area contributed by atoms with Crippen molar-refractivity contribution in [1.29, 1.82) is 0 Å². The molecular formula is C18H22N2O5. The summed E-state index contributed by atoms with van der Waals surface area (Å²) in [6.07, 6.45) is 1.59. The van der Waals surface area contributed by atoms with Crippen molar-refractivity contribution in [3.8, 4) is 11.5 Å². The van der Waals surface area contributed by atoms with E-state index in [-0.39, 0.29) is 12.6 Å². The summed E-state index contributed by atoms with van der Waals surface area (Å²) in [5.41, 5.74) is -0.514. The lowest BCUT2D eigenvalue weighted by atomic mass is 9.79. The second-order valence-electron chi connectivity index (χ2n) is 6.09. The van der Waals surface area contributed by atoms with Crippen LogP contribution in [0.3, 0.4) is 0 Å². The molecule has 1 fully saturated rings. The third kappa shape index (κ3) is 2.50. The molecule has 0 radical (unpaired) electrons. The molecule has 2 bridgehead atoms. The van der Waals surface area contributed by atoms with Gasteiger partial charge in [0.1, 0.15) is 5.92 Å². The standard InChI is InChI=1S/C18H22N2O5/c1-5-10-20-17(22)19-14-11-8-7-9-12(24-6-2)15(11)25-18(20,3)13(14)16(21)23-4/h5,7-9,13-14H,1,6,10H2,2-4H3,(H,19,22)/t13-,14+,18+/m0/s1. The van der Waals surface area contributed by atoms with Crippen LogP contribution in [-0.4, -0.2) is 42.9 Å². The quantitative estimate of drug-likeness (QED) is 0.653. The fourth-order valence-electron chi connectivity index (χ4n) is 3.59. The number of nitrogens with zero attached hydrogens (tertiary/aromatic N) is 1. The summed E-state index contributed by atoms with van der Waals surface area (Å²) in [5.74, 6) is -0.0612. The number of hydrogen-bond donors (Lipinski definition) is 1. The van der Waals surface area contributed by atoms with Gasteiger partial charge in [-0.3, -0.25) is 9.69 Å². The number of para-hydroxylation sites is 1. The number of fused-ring (bicyclic) bond motifs is 4. The van der Waals surface area contributed by atoms with Crippen molar-refractivity contribution in [3.05, 3.63) is 36.4 Å². The Balaban J connectivity index is 2.18. The van der Waals surface area contributed by atoms with E-state index in [1.807, 2.05) is 19.1 Å². The minimum atomic E-state index is -1.21. The maximum absolute atomic E-state index is 12.6. The zero-order valence-electron chi connectivity index (χ0n) is 14.6. The molecule has 7 heteroatoms. The molecule has 2 aliphatic rings. The van der Waals surface area contributed by atoms with Crippen molar-refractivity contribution in [3.63, 3.8) is 0 Å². The van der Waals surface area contributed by atoms with Gasteiger partial charge in [0, 0.05) is 12.1 Å². The minimum Gasteiger partial charge on any atom is -0.490 e. The number of amides is 2. The van der Waals surface area contributed by atoms with Gasteiger partial charge in [0.25, 0.3) is 0 Å². The van der Waals surface area contributed by atoms with E-state index in [9.17, 15) is 9.59 Å². The maximum Gasteiger partial charge on any atom is 0.321 e. The number of urea groups is 1. The zero-order valence-corrected chi connectivity index (χ0v) is 14.6. The van der Waals surface area contributed by atoms with E-state index in [4.69, 9.17) is 14.2 Å². The molecule has 1 aromatic rings. The van der Waals surface area contributed by atoms with Gasteiger partial charge >= 0.3 is 12.0 Å². The first-order valence-electron chi connectivity index (χ1n) is 8.19. The SMILES string of the molecule is C=CCN1C(=O)N[C@@H]2c3cccc(OCC)c3O[C@]1(C)[C@@H]2C(=O)OC. The van der Waals surface area contributed by atoms with Gasteiger partial charge in [-0.05, 0) is 19.9 Å². The van der Waals surface area contributed by atoms with Gasteiger partial charge in [-0.1, -0.05) is 18.2 Å². The normalized spacial score (nSPS) is 26.8. The Bertz CT molecular complexity index is 719. The van der Waals surface area contributed by atoms with Gasteiger partial charge in [0.2, 0.25) is 0 Å². The Hall–Kier alpha value is -2.70. The van der Waals surface area contributed by atoms with Gasteiger partial charge in [-0.2, -0.15) is 0 Å². The molecular weight excluding hydrogens is 324 g/mol. The molecule has 1 saturated heterocycles. The Kier molecular flexibility index (Phi) is 4.32. The van der Waals surface area contributed by atoms with Crippen LogP contribution in [0.4, 0.5) is 4.79 Å². The number of nitrogens with one attached hydrogen (secondary N) is 1. The Morgan fingerprint density at radius 1 is 1.52 bits per heavy atom. The molecule has 25 heavy (non-hydrogen) atoms. The van der Waals surface area contributed by atoms with Crippen LogP contribution >= 0.6 is 0 Å². The highest BCUT2D eigenvalue weighted by Crippen LogP contribution is 2.51. The van der Waals surface area contributed by atoms with Crippen molar-refractivity contribution in [2.75, 3.05) is 20.3 Å². The van der Waals surface area contributed by atoms with E-state index >= 15 is 0 Å². The lowest BCUT2D eigenvalue weighted by molar-refractivity contribution is -0.175. The second kappa shape index (κ2) is 6.31. The van der Waals surface area contributed by atoms with Gasteiger partial charge < -0.3 is 19.5 Å². The molecule has 2 heterocycles. The van der Waals surface area contributed by atoms with Crippen molar-refractivity contribution in [2.24, 2.45) is 5.92 Å². The summed E-state index contributed by atoms with van der Waals surface area (Å²) in [6.45, 7) is 8.00. The fraction of sp³-hybridized carbons (Fsp3) is 0.444. The van der Waals surface area contributed by atoms with E-state index < -0.39 is 23.7 Å². The largest absolute Gasteiger partial charge is 0.490 e. The van der Waals surface area contributed by atoms with Crippen molar-refractivity contribution < 1.29 is 23.8 Å². The number of rotatable bonds is 5. The lowest BCUT2D eigenvalue weighted by Crippen LogP contribution is -2.71. The molecule has 134 valence electrons. The molecule has 0 saturated carbocycles. The Morgan fingerprint density at radius 3 is 2.92 bits per heavy atom. The van der Waals surface area contributed by atoms with E-state index in [0.29, 0.717) is 23.7 Å². The van der Waals surface area contributed by atoms with Crippen molar-refractivity contribution >= 4 is 12.0 Å². The van der Waals surface area contributed by atoms with Crippen molar-refractivity contribution in [2.45, 2.75) is 25.6 Å². The van der Waals surface area contributed by atoms with Crippen LogP contribution in [-0.2, 0) is 9.53 Å². The van der Waals surface area contributed by atoms with Crippen molar-refractivity contribution in [1.82, 2.24) is 10.2 Å². The Morgan fingerprint density at radius 2 is 2.28 bits per heavy atom. The van der Waals surface area contributed by atoms with Crippen LogP contribution in [0, 0.1) is 5.92 Å². The predicted molar refractivity (Wildman–Crippen MR) is 90.3 cm³/mol. The maximum atomic E-state index is 12.6. The average Bonchev–Trinajstić information content (AvgIpc) is 2.59. The number of hydrogen-bond acceptors (Lipinski definition) is 5. The average molecular weight is 346 g/mol. The topological polar surface area (TPSA) is 77.1 Å². The van der Waals surface area contributed by atoms with Crippen LogP contribution in [0.2, 0.25) is 0 Å². The highest BCUT2D eigenvalue weighted by molar-refractivity contribution is 5.84. The van der Waals surface area contributed by atoms with Crippen LogP contribution < -0.4 is 14.8 Å². The Labute approximate surface area is 146 Å². The molecule has 3 rings (SSSR count). The molecule has 2 aliphatic heterocycles. The summed E-state index contributed by atoms with van der Waals surface area (Å²) in [4.78, 5) is 26.6. The predicted octanol–water partition coefficient (Wildman–Crippen LogP) is 2.24. The number of ether oxygens (including phenoxy) is 3. The fourth-order valence-corrected chi connectivity index (χ4v) is 3.59. The molecule has 3 atom stereocenters. The summed E-state index contributed by atoms with van der Waals surface area (Å²) in [6, 6.07) is 4.56. The highest BCUT2D eigenvalue weighted by atomic mass is 16.6. The first-order valence-corrected chi connectivity index (χ1v) is 8.19. The number of carbonyl (C=O) groups is 2. The number of esters is 1. The molecule has 0 unspecified atom stereocenters. The molecule has 0 aromatic heterocycles. The molecule has 1 aromatic carbocycles.